The number of ketones is 1. The predicted molar refractivity (Wildman–Crippen MR) is 45.0 cm³/mol. The van der Waals surface area contributed by atoms with Crippen LogP contribution in [0.3, 0.4) is 0 Å². The second kappa shape index (κ2) is 3.25. The third-order valence-electron chi connectivity index (χ3n) is 1.56. The molecule has 0 unspecified atom stereocenters. The average Bonchev–Trinajstić information content (AvgIpc) is 2.10. The Labute approximate surface area is 78.2 Å². The van der Waals surface area contributed by atoms with Crippen LogP contribution in [0.25, 0.3) is 0 Å². The number of hydrogen-bond donors (Lipinski definition) is 4. The van der Waals surface area contributed by atoms with Gasteiger partial charge in [-0.1, -0.05) is 0 Å². The second-order valence-electron chi connectivity index (χ2n) is 2.55. The number of phenolic OH excluding ortho intramolecular Hbond substituents is 3. The lowest BCUT2D eigenvalue weighted by molar-refractivity contribution is -0.114. The summed E-state index contributed by atoms with van der Waals surface area (Å²) in [6.07, 6.45) is 0. The van der Waals surface area contributed by atoms with Crippen LogP contribution < -0.4 is 5.73 Å². The van der Waals surface area contributed by atoms with Gasteiger partial charge in [0.05, 0.1) is 5.56 Å². The quantitative estimate of drug-likeness (QED) is 0.220. The lowest BCUT2D eigenvalue weighted by atomic mass is 10.1. The predicted octanol–water partition coefficient (Wildman–Crippen LogP) is -0.529. The monoisotopic (exact) mass is 197 g/mol. The minimum atomic E-state index is -1.26. The fraction of sp³-hybridized carbons (Fsp3) is 0. The molecular formula is C8H7NO5. The third kappa shape index (κ3) is 1.58. The van der Waals surface area contributed by atoms with Crippen molar-refractivity contribution in [3.05, 3.63) is 17.7 Å². The van der Waals surface area contributed by atoms with E-state index in [0.29, 0.717) is 0 Å². The SMILES string of the molecule is NC(=O)C(=O)c1cc(O)c(O)cc1O. The summed E-state index contributed by atoms with van der Waals surface area (Å²) in [7, 11) is 0. The molecule has 0 aromatic heterocycles. The van der Waals surface area contributed by atoms with Gasteiger partial charge in [0.25, 0.3) is 11.7 Å². The van der Waals surface area contributed by atoms with Gasteiger partial charge >= 0.3 is 0 Å². The Hall–Kier alpha value is -2.24. The first-order chi connectivity index (χ1) is 6.43. The van der Waals surface area contributed by atoms with Crippen LogP contribution in [0.5, 0.6) is 17.2 Å². The molecule has 1 amide bonds. The van der Waals surface area contributed by atoms with Crippen molar-refractivity contribution >= 4 is 11.7 Å². The number of carbonyl (C=O) groups excluding carboxylic acids is 2. The number of hydrogen-bond acceptors (Lipinski definition) is 5. The summed E-state index contributed by atoms with van der Waals surface area (Å²) in [6.45, 7) is 0. The van der Waals surface area contributed by atoms with E-state index in [0.717, 1.165) is 12.1 Å². The van der Waals surface area contributed by atoms with E-state index < -0.39 is 34.5 Å². The van der Waals surface area contributed by atoms with Crippen molar-refractivity contribution in [1.29, 1.82) is 0 Å². The van der Waals surface area contributed by atoms with Crippen molar-refractivity contribution in [2.45, 2.75) is 0 Å². The van der Waals surface area contributed by atoms with E-state index >= 15 is 0 Å². The maximum atomic E-state index is 11.0. The van der Waals surface area contributed by atoms with E-state index in [9.17, 15) is 9.59 Å². The molecule has 0 heterocycles. The maximum Gasteiger partial charge on any atom is 0.289 e. The zero-order valence-electron chi connectivity index (χ0n) is 6.89. The number of nitrogens with two attached hydrogens (primary N) is 1. The minimum Gasteiger partial charge on any atom is -0.507 e. The van der Waals surface area contributed by atoms with Gasteiger partial charge in [-0.15, -0.1) is 0 Å². The van der Waals surface area contributed by atoms with E-state index in [-0.39, 0.29) is 0 Å². The normalized spacial score (nSPS) is 9.71. The van der Waals surface area contributed by atoms with Gasteiger partial charge in [0.2, 0.25) is 0 Å². The van der Waals surface area contributed by atoms with Crippen LogP contribution >= 0.6 is 0 Å². The van der Waals surface area contributed by atoms with Crippen LogP contribution in [-0.4, -0.2) is 27.0 Å². The Morgan fingerprint density at radius 2 is 1.50 bits per heavy atom. The van der Waals surface area contributed by atoms with Gasteiger partial charge in [0.15, 0.2) is 11.5 Å². The van der Waals surface area contributed by atoms with Crippen LogP contribution in [0.15, 0.2) is 12.1 Å². The molecule has 6 heteroatoms. The Balaban J connectivity index is 3.29. The molecule has 1 aromatic rings. The topological polar surface area (TPSA) is 121 Å². The fourth-order valence-electron chi connectivity index (χ4n) is 0.880. The van der Waals surface area contributed by atoms with E-state index in [4.69, 9.17) is 15.3 Å². The van der Waals surface area contributed by atoms with Crippen molar-refractivity contribution in [2.75, 3.05) is 0 Å². The number of carbonyl (C=O) groups is 2. The zero-order chi connectivity index (χ0) is 10.9. The van der Waals surface area contributed by atoms with Gasteiger partial charge in [0.1, 0.15) is 5.75 Å². The van der Waals surface area contributed by atoms with E-state index in [2.05, 4.69) is 5.73 Å². The number of amides is 1. The molecule has 74 valence electrons. The van der Waals surface area contributed by atoms with Crippen LogP contribution in [0.1, 0.15) is 10.4 Å². The molecule has 1 rings (SSSR count). The number of primary amides is 1. The van der Waals surface area contributed by atoms with Gasteiger partial charge in [-0.2, -0.15) is 0 Å². The molecule has 0 saturated heterocycles. The molecule has 0 spiro atoms. The Kier molecular flexibility index (Phi) is 2.29. The molecule has 5 N–H and O–H groups in total. The minimum absolute atomic E-state index is 0.451. The summed E-state index contributed by atoms with van der Waals surface area (Å²) in [4.78, 5) is 21.5. The summed E-state index contributed by atoms with van der Waals surface area (Å²) >= 11 is 0. The Morgan fingerprint density at radius 1 is 1.00 bits per heavy atom. The lowest BCUT2D eigenvalue weighted by Crippen LogP contribution is -2.23. The maximum absolute atomic E-state index is 11.0. The summed E-state index contributed by atoms with van der Waals surface area (Å²) < 4.78 is 0. The highest BCUT2D eigenvalue weighted by atomic mass is 16.3. The molecule has 0 bridgehead atoms. The van der Waals surface area contributed by atoms with E-state index in [1.807, 2.05) is 0 Å². The molecule has 0 aliphatic heterocycles. The molecular weight excluding hydrogens is 190 g/mol. The van der Waals surface area contributed by atoms with Crippen molar-refractivity contribution in [3.63, 3.8) is 0 Å². The van der Waals surface area contributed by atoms with Crippen molar-refractivity contribution in [3.8, 4) is 17.2 Å². The van der Waals surface area contributed by atoms with E-state index in [1.165, 1.54) is 0 Å². The number of benzene rings is 1. The molecule has 0 fully saturated rings. The summed E-state index contributed by atoms with van der Waals surface area (Å²) in [5.74, 6) is -4.23. The number of rotatable bonds is 2. The first kappa shape index (κ1) is 9.85. The fourth-order valence-corrected chi connectivity index (χ4v) is 0.880. The Morgan fingerprint density at radius 3 is 2.00 bits per heavy atom. The molecule has 0 radical (unpaired) electrons. The van der Waals surface area contributed by atoms with Gasteiger partial charge in [-0.05, 0) is 6.07 Å². The average molecular weight is 197 g/mol. The molecule has 0 aliphatic rings. The highest BCUT2D eigenvalue weighted by Gasteiger charge is 2.18. The summed E-state index contributed by atoms with van der Waals surface area (Å²) in [5, 5.41) is 27.0. The van der Waals surface area contributed by atoms with Gasteiger partial charge in [-0.3, -0.25) is 9.59 Å². The largest absolute Gasteiger partial charge is 0.507 e. The van der Waals surface area contributed by atoms with Crippen LogP contribution in [-0.2, 0) is 4.79 Å². The third-order valence-corrected chi connectivity index (χ3v) is 1.56. The Bertz CT molecular complexity index is 412. The molecule has 1 aromatic carbocycles. The highest BCUT2D eigenvalue weighted by Crippen LogP contribution is 2.32. The van der Waals surface area contributed by atoms with Crippen molar-refractivity contribution in [2.24, 2.45) is 5.73 Å². The number of phenols is 3. The summed E-state index contributed by atoms with van der Waals surface area (Å²) in [6, 6.07) is 1.50. The number of aromatic hydroxyl groups is 3. The first-order valence-electron chi connectivity index (χ1n) is 3.52. The summed E-state index contributed by atoms with van der Waals surface area (Å²) in [5.41, 5.74) is 4.23. The first-order valence-corrected chi connectivity index (χ1v) is 3.52. The molecule has 0 saturated carbocycles. The molecule has 14 heavy (non-hydrogen) atoms. The van der Waals surface area contributed by atoms with Gasteiger partial charge in [0, 0.05) is 6.07 Å². The van der Waals surface area contributed by atoms with Gasteiger partial charge in [-0.25, -0.2) is 0 Å². The van der Waals surface area contributed by atoms with Crippen LogP contribution in [0.4, 0.5) is 0 Å². The molecule has 0 atom stereocenters. The van der Waals surface area contributed by atoms with Crippen molar-refractivity contribution < 1.29 is 24.9 Å². The number of Topliss-reactive ketones (excluding diaryl/α,β-unsaturated/α-hetero) is 1. The smallest absolute Gasteiger partial charge is 0.289 e. The highest BCUT2D eigenvalue weighted by molar-refractivity contribution is 6.43. The van der Waals surface area contributed by atoms with Crippen molar-refractivity contribution in [1.82, 2.24) is 0 Å². The lowest BCUT2D eigenvalue weighted by Gasteiger charge is -2.03. The van der Waals surface area contributed by atoms with Gasteiger partial charge < -0.3 is 21.1 Å². The molecule has 0 aliphatic carbocycles. The standard InChI is InChI=1S/C8H7NO5/c9-8(14)7(13)3-1-5(11)6(12)2-4(3)10/h1-2,10-12H,(H2,9,14). The molecule has 6 nitrogen and oxygen atoms in total. The zero-order valence-corrected chi connectivity index (χ0v) is 6.89. The van der Waals surface area contributed by atoms with E-state index in [1.54, 1.807) is 0 Å². The second-order valence-corrected chi connectivity index (χ2v) is 2.55. The van der Waals surface area contributed by atoms with Crippen LogP contribution in [0.2, 0.25) is 0 Å². The van der Waals surface area contributed by atoms with Crippen LogP contribution in [0, 0.1) is 0 Å².